The maximum absolute atomic E-state index is 5.46. The first-order valence-electron chi connectivity index (χ1n) is 5.60. The SMILES string of the molecule is CN1CCC(Cc2nc(CCN)co2)C1. The number of aromatic nitrogens is 1. The number of rotatable bonds is 4. The van der Waals surface area contributed by atoms with Crippen LogP contribution in [0.1, 0.15) is 18.0 Å². The summed E-state index contributed by atoms with van der Waals surface area (Å²) in [6.07, 6.45) is 4.77. The summed E-state index contributed by atoms with van der Waals surface area (Å²) in [4.78, 5) is 6.78. The molecule has 1 aromatic heterocycles. The monoisotopic (exact) mass is 209 g/mol. The zero-order valence-corrected chi connectivity index (χ0v) is 9.28. The van der Waals surface area contributed by atoms with Gasteiger partial charge in [0.15, 0.2) is 5.89 Å². The molecule has 1 aliphatic rings. The lowest BCUT2D eigenvalue weighted by atomic mass is 10.1. The van der Waals surface area contributed by atoms with Gasteiger partial charge in [-0.3, -0.25) is 0 Å². The van der Waals surface area contributed by atoms with Crippen LogP contribution in [0.4, 0.5) is 0 Å². The van der Waals surface area contributed by atoms with Gasteiger partial charge in [0.1, 0.15) is 6.26 Å². The van der Waals surface area contributed by atoms with Crippen molar-refractivity contribution in [2.45, 2.75) is 19.3 Å². The Kier molecular flexibility index (Phi) is 3.38. The number of oxazole rings is 1. The van der Waals surface area contributed by atoms with Gasteiger partial charge < -0.3 is 15.1 Å². The molecule has 0 radical (unpaired) electrons. The lowest BCUT2D eigenvalue weighted by Crippen LogP contribution is -2.15. The highest BCUT2D eigenvalue weighted by Crippen LogP contribution is 2.19. The first kappa shape index (κ1) is 10.6. The van der Waals surface area contributed by atoms with Crippen molar-refractivity contribution in [1.29, 1.82) is 0 Å². The van der Waals surface area contributed by atoms with Crippen LogP contribution in [-0.4, -0.2) is 36.6 Å². The summed E-state index contributed by atoms with van der Waals surface area (Å²) in [6.45, 7) is 2.99. The Morgan fingerprint density at radius 3 is 3.20 bits per heavy atom. The predicted molar refractivity (Wildman–Crippen MR) is 58.6 cm³/mol. The number of hydrogen-bond acceptors (Lipinski definition) is 4. The summed E-state index contributed by atoms with van der Waals surface area (Å²) in [5.41, 5.74) is 6.45. The van der Waals surface area contributed by atoms with Gasteiger partial charge in [0.25, 0.3) is 0 Å². The first-order valence-corrected chi connectivity index (χ1v) is 5.60. The highest BCUT2D eigenvalue weighted by atomic mass is 16.3. The van der Waals surface area contributed by atoms with Gasteiger partial charge in [-0.1, -0.05) is 0 Å². The molecule has 2 rings (SSSR count). The van der Waals surface area contributed by atoms with E-state index < -0.39 is 0 Å². The van der Waals surface area contributed by atoms with Gasteiger partial charge in [-0.2, -0.15) is 0 Å². The smallest absolute Gasteiger partial charge is 0.194 e. The van der Waals surface area contributed by atoms with E-state index in [1.165, 1.54) is 13.0 Å². The van der Waals surface area contributed by atoms with E-state index in [1.54, 1.807) is 6.26 Å². The van der Waals surface area contributed by atoms with Crippen LogP contribution in [0.2, 0.25) is 0 Å². The van der Waals surface area contributed by atoms with E-state index in [2.05, 4.69) is 16.9 Å². The molecule has 1 fully saturated rings. The Bertz CT molecular complexity index is 311. The van der Waals surface area contributed by atoms with Crippen LogP contribution in [0.5, 0.6) is 0 Å². The number of hydrogen-bond donors (Lipinski definition) is 1. The van der Waals surface area contributed by atoms with Crippen LogP contribution in [0.15, 0.2) is 10.7 Å². The second-order valence-corrected chi connectivity index (χ2v) is 4.39. The minimum absolute atomic E-state index is 0.637. The highest BCUT2D eigenvalue weighted by molar-refractivity contribution is 4.98. The molecular formula is C11H19N3O. The molecule has 2 N–H and O–H groups in total. The molecule has 1 atom stereocenters. The molecule has 0 saturated carbocycles. The van der Waals surface area contributed by atoms with Gasteiger partial charge in [0.05, 0.1) is 5.69 Å². The third-order valence-corrected chi connectivity index (χ3v) is 2.95. The zero-order chi connectivity index (χ0) is 10.7. The normalized spacial score (nSPS) is 22.4. The molecule has 0 aliphatic carbocycles. The Morgan fingerprint density at radius 1 is 1.67 bits per heavy atom. The van der Waals surface area contributed by atoms with Crippen LogP contribution in [0.3, 0.4) is 0 Å². The van der Waals surface area contributed by atoms with E-state index >= 15 is 0 Å². The molecule has 84 valence electrons. The lowest BCUT2D eigenvalue weighted by molar-refractivity contribution is 0.379. The van der Waals surface area contributed by atoms with E-state index in [1.807, 2.05) is 0 Å². The van der Waals surface area contributed by atoms with E-state index in [9.17, 15) is 0 Å². The Hall–Kier alpha value is -0.870. The Labute approximate surface area is 90.5 Å². The molecular weight excluding hydrogens is 190 g/mol. The lowest BCUT2D eigenvalue weighted by Gasteiger charge is -2.07. The van der Waals surface area contributed by atoms with Gasteiger partial charge in [-0.05, 0) is 32.5 Å². The van der Waals surface area contributed by atoms with Crippen molar-refractivity contribution in [2.75, 3.05) is 26.7 Å². The van der Waals surface area contributed by atoms with Crippen molar-refractivity contribution in [3.05, 3.63) is 17.8 Å². The number of nitrogens with two attached hydrogens (primary N) is 1. The molecule has 0 bridgehead atoms. The summed E-state index contributed by atoms with van der Waals surface area (Å²) in [5.74, 6) is 1.58. The van der Waals surface area contributed by atoms with Gasteiger partial charge in [-0.25, -0.2) is 4.98 Å². The van der Waals surface area contributed by atoms with E-state index in [0.717, 1.165) is 31.0 Å². The third kappa shape index (κ3) is 2.79. The molecule has 1 aromatic rings. The summed E-state index contributed by atoms with van der Waals surface area (Å²) in [5, 5.41) is 0. The predicted octanol–water partition coefficient (Wildman–Crippen LogP) is 0.670. The zero-order valence-electron chi connectivity index (χ0n) is 9.28. The van der Waals surface area contributed by atoms with Gasteiger partial charge >= 0.3 is 0 Å². The number of likely N-dealkylation sites (tertiary alicyclic amines) is 1. The quantitative estimate of drug-likeness (QED) is 0.792. The summed E-state index contributed by atoms with van der Waals surface area (Å²) >= 11 is 0. The van der Waals surface area contributed by atoms with Crippen LogP contribution >= 0.6 is 0 Å². The summed E-state index contributed by atoms with van der Waals surface area (Å²) < 4.78 is 5.43. The van der Waals surface area contributed by atoms with Crippen molar-refractivity contribution in [3.8, 4) is 0 Å². The largest absolute Gasteiger partial charge is 0.449 e. The van der Waals surface area contributed by atoms with Gasteiger partial charge in [0.2, 0.25) is 0 Å². The summed E-state index contributed by atoms with van der Waals surface area (Å²) in [6, 6.07) is 0. The second kappa shape index (κ2) is 4.77. The molecule has 1 unspecified atom stereocenters. The molecule has 4 heteroatoms. The van der Waals surface area contributed by atoms with Crippen LogP contribution in [0, 0.1) is 5.92 Å². The maximum Gasteiger partial charge on any atom is 0.194 e. The fourth-order valence-electron chi connectivity index (χ4n) is 2.15. The third-order valence-electron chi connectivity index (χ3n) is 2.95. The first-order chi connectivity index (χ1) is 7.28. The van der Waals surface area contributed by atoms with Crippen molar-refractivity contribution in [1.82, 2.24) is 9.88 Å². The fraction of sp³-hybridized carbons (Fsp3) is 0.727. The number of nitrogens with zero attached hydrogens (tertiary/aromatic N) is 2. The van der Waals surface area contributed by atoms with Gasteiger partial charge in [-0.15, -0.1) is 0 Å². The standard InChI is InChI=1S/C11H19N3O/c1-14-5-3-9(7-14)6-11-13-10(2-4-12)8-15-11/h8-9H,2-7,12H2,1H3. The molecule has 0 spiro atoms. The average Bonchev–Trinajstić information content (AvgIpc) is 2.78. The molecule has 2 heterocycles. The molecule has 4 nitrogen and oxygen atoms in total. The summed E-state index contributed by atoms with van der Waals surface area (Å²) in [7, 11) is 2.16. The van der Waals surface area contributed by atoms with E-state index in [-0.39, 0.29) is 0 Å². The minimum Gasteiger partial charge on any atom is -0.449 e. The van der Waals surface area contributed by atoms with E-state index in [0.29, 0.717) is 12.5 Å². The van der Waals surface area contributed by atoms with Crippen molar-refractivity contribution in [3.63, 3.8) is 0 Å². The van der Waals surface area contributed by atoms with Crippen molar-refractivity contribution < 1.29 is 4.42 Å². The molecule has 1 aliphatic heterocycles. The van der Waals surface area contributed by atoms with E-state index in [4.69, 9.17) is 10.2 Å². The van der Waals surface area contributed by atoms with Crippen LogP contribution < -0.4 is 5.73 Å². The Morgan fingerprint density at radius 2 is 2.53 bits per heavy atom. The van der Waals surface area contributed by atoms with Crippen molar-refractivity contribution >= 4 is 0 Å². The molecule has 0 aromatic carbocycles. The topological polar surface area (TPSA) is 55.3 Å². The molecule has 1 saturated heterocycles. The van der Waals surface area contributed by atoms with Crippen LogP contribution in [0.25, 0.3) is 0 Å². The van der Waals surface area contributed by atoms with Crippen molar-refractivity contribution in [2.24, 2.45) is 11.7 Å². The molecule has 15 heavy (non-hydrogen) atoms. The Balaban J connectivity index is 1.87. The van der Waals surface area contributed by atoms with Gasteiger partial charge in [0, 0.05) is 19.4 Å². The minimum atomic E-state index is 0.637. The highest BCUT2D eigenvalue weighted by Gasteiger charge is 2.21. The molecule has 0 amide bonds. The second-order valence-electron chi connectivity index (χ2n) is 4.39. The fourth-order valence-corrected chi connectivity index (χ4v) is 2.15. The maximum atomic E-state index is 5.46. The van der Waals surface area contributed by atoms with Crippen LogP contribution in [-0.2, 0) is 12.8 Å². The average molecular weight is 209 g/mol.